The van der Waals surface area contributed by atoms with Gasteiger partial charge in [-0.25, -0.2) is 0 Å². The van der Waals surface area contributed by atoms with E-state index in [2.05, 4.69) is 21.2 Å². The van der Waals surface area contributed by atoms with Crippen molar-refractivity contribution >= 4 is 21.8 Å². The number of hydrogen-bond donors (Lipinski definition) is 2. The SMILES string of the molecule is CCCC(O)CNC(=O)c1ccoc1Br. The first kappa shape index (κ1) is 12.3. The third-order valence-electron chi connectivity index (χ3n) is 1.98. The molecule has 0 aliphatic rings. The van der Waals surface area contributed by atoms with Gasteiger partial charge in [-0.15, -0.1) is 0 Å². The Labute approximate surface area is 96.8 Å². The number of nitrogens with one attached hydrogen (secondary N) is 1. The van der Waals surface area contributed by atoms with Crippen LogP contribution in [0.1, 0.15) is 30.1 Å². The summed E-state index contributed by atoms with van der Waals surface area (Å²) in [6, 6.07) is 1.58. The monoisotopic (exact) mass is 275 g/mol. The minimum atomic E-state index is -0.482. The minimum Gasteiger partial charge on any atom is -0.457 e. The molecule has 1 aromatic rings. The summed E-state index contributed by atoms with van der Waals surface area (Å²) in [6.45, 7) is 2.25. The molecule has 0 saturated heterocycles. The second kappa shape index (κ2) is 5.92. The molecule has 5 heteroatoms. The van der Waals surface area contributed by atoms with E-state index in [0.29, 0.717) is 16.7 Å². The summed E-state index contributed by atoms with van der Waals surface area (Å²) in [6.07, 6.45) is 2.53. The quantitative estimate of drug-likeness (QED) is 0.863. The van der Waals surface area contributed by atoms with Crippen LogP contribution in [0.15, 0.2) is 21.4 Å². The van der Waals surface area contributed by atoms with Crippen molar-refractivity contribution in [3.63, 3.8) is 0 Å². The van der Waals surface area contributed by atoms with E-state index in [1.54, 1.807) is 6.07 Å². The van der Waals surface area contributed by atoms with Gasteiger partial charge in [-0.3, -0.25) is 4.79 Å². The predicted octanol–water partition coefficient (Wildman–Crippen LogP) is 1.93. The zero-order valence-electron chi connectivity index (χ0n) is 8.50. The highest BCUT2D eigenvalue weighted by atomic mass is 79.9. The van der Waals surface area contributed by atoms with Gasteiger partial charge in [0.05, 0.1) is 17.9 Å². The van der Waals surface area contributed by atoms with Crippen molar-refractivity contribution in [3.05, 3.63) is 22.6 Å². The van der Waals surface area contributed by atoms with Gasteiger partial charge in [-0.05, 0) is 28.4 Å². The molecule has 0 spiro atoms. The smallest absolute Gasteiger partial charge is 0.255 e. The second-order valence-electron chi connectivity index (χ2n) is 3.26. The average Bonchev–Trinajstić information content (AvgIpc) is 2.61. The van der Waals surface area contributed by atoms with Gasteiger partial charge < -0.3 is 14.8 Å². The van der Waals surface area contributed by atoms with Crippen molar-refractivity contribution in [2.24, 2.45) is 0 Å². The molecule has 0 saturated carbocycles. The van der Waals surface area contributed by atoms with Crippen LogP contribution in [0.25, 0.3) is 0 Å². The molecule has 1 atom stereocenters. The first-order valence-corrected chi connectivity index (χ1v) is 5.63. The summed E-state index contributed by atoms with van der Waals surface area (Å²) in [5.41, 5.74) is 0.443. The molecule has 0 aliphatic carbocycles. The van der Waals surface area contributed by atoms with Gasteiger partial charge in [-0.1, -0.05) is 13.3 Å². The van der Waals surface area contributed by atoms with Gasteiger partial charge in [0, 0.05) is 6.54 Å². The van der Waals surface area contributed by atoms with Crippen LogP contribution >= 0.6 is 15.9 Å². The molecule has 0 radical (unpaired) electrons. The molecule has 2 N–H and O–H groups in total. The molecule has 1 unspecified atom stereocenters. The Morgan fingerprint density at radius 1 is 1.73 bits per heavy atom. The van der Waals surface area contributed by atoms with Crippen LogP contribution < -0.4 is 5.32 Å². The van der Waals surface area contributed by atoms with Gasteiger partial charge in [-0.2, -0.15) is 0 Å². The number of halogens is 1. The van der Waals surface area contributed by atoms with Gasteiger partial charge in [0.1, 0.15) is 0 Å². The number of aliphatic hydroxyl groups excluding tert-OH is 1. The van der Waals surface area contributed by atoms with Crippen molar-refractivity contribution in [2.75, 3.05) is 6.54 Å². The number of furan rings is 1. The third-order valence-corrected chi connectivity index (χ3v) is 2.60. The summed E-state index contributed by atoms with van der Waals surface area (Å²) in [4.78, 5) is 11.5. The summed E-state index contributed by atoms with van der Waals surface area (Å²) in [5.74, 6) is -0.245. The molecular weight excluding hydrogens is 262 g/mol. The van der Waals surface area contributed by atoms with Crippen LogP contribution in [0.2, 0.25) is 0 Å². The predicted molar refractivity (Wildman–Crippen MR) is 59.7 cm³/mol. The van der Waals surface area contributed by atoms with Crippen molar-refractivity contribution < 1.29 is 14.3 Å². The fourth-order valence-corrected chi connectivity index (χ4v) is 1.62. The lowest BCUT2D eigenvalue weighted by Gasteiger charge is -2.09. The fraction of sp³-hybridized carbons (Fsp3) is 0.500. The Hall–Kier alpha value is -0.810. The molecule has 4 nitrogen and oxygen atoms in total. The van der Waals surface area contributed by atoms with Crippen molar-refractivity contribution in [1.82, 2.24) is 5.32 Å². The maximum absolute atomic E-state index is 11.5. The van der Waals surface area contributed by atoms with E-state index < -0.39 is 6.10 Å². The van der Waals surface area contributed by atoms with Crippen LogP contribution in [0.3, 0.4) is 0 Å². The van der Waals surface area contributed by atoms with E-state index in [0.717, 1.165) is 6.42 Å². The minimum absolute atomic E-state index is 0.245. The number of carbonyl (C=O) groups is 1. The highest BCUT2D eigenvalue weighted by Crippen LogP contribution is 2.16. The zero-order valence-corrected chi connectivity index (χ0v) is 10.1. The van der Waals surface area contributed by atoms with E-state index in [1.165, 1.54) is 6.26 Å². The summed E-state index contributed by atoms with van der Waals surface area (Å²) in [5, 5.41) is 12.0. The van der Waals surface area contributed by atoms with Crippen LogP contribution in [-0.4, -0.2) is 23.7 Å². The molecule has 1 aromatic heterocycles. The molecule has 1 rings (SSSR count). The maximum Gasteiger partial charge on any atom is 0.255 e. The number of aliphatic hydroxyl groups is 1. The first-order valence-electron chi connectivity index (χ1n) is 4.84. The fourth-order valence-electron chi connectivity index (χ4n) is 1.20. The Kier molecular flexibility index (Phi) is 4.84. The van der Waals surface area contributed by atoms with Crippen LogP contribution in [0.4, 0.5) is 0 Å². The van der Waals surface area contributed by atoms with Crippen molar-refractivity contribution in [3.8, 4) is 0 Å². The second-order valence-corrected chi connectivity index (χ2v) is 3.98. The number of amides is 1. The molecule has 1 amide bonds. The highest BCUT2D eigenvalue weighted by Gasteiger charge is 2.13. The molecule has 1 heterocycles. The molecule has 0 bridgehead atoms. The first-order chi connectivity index (χ1) is 7.15. The highest BCUT2D eigenvalue weighted by molar-refractivity contribution is 9.10. The van der Waals surface area contributed by atoms with Crippen LogP contribution in [0.5, 0.6) is 0 Å². The van der Waals surface area contributed by atoms with Gasteiger partial charge in [0.2, 0.25) is 0 Å². The Balaban J connectivity index is 2.40. The molecule has 0 aromatic carbocycles. The number of hydrogen-bond acceptors (Lipinski definition) is 3. The molecule has 0 fully saturated rings. The Morgan fingerprint density at radius 3 is 3.00 bits per heavy atom. The summed E-state index contributed by atoms with van der Waals surface area (Å²) >= 11 is 3.11. The normalized spacial score (nSPS) is 12.5. The summed E-state index contributed by atoms with van der Waals surface area (Å²) in [7, 11) is 0. The van der Waals surface area contributed by atoms with E-state index in [1.807, 2.05) is 6.92 Å². The molecule has 0 aliphatic heterocycles. The van der Waals surface area contributed by atoms with E-state index in [9.17, 15) is 9.90 Å². The molecular formula is C10H14BrNO3. The topological polar surface area (TPSA) is 62.5 Å². The lowest BCUT2D eigenvalue weighted by molar-refractivity contribution is 0.0908. The van der Waals surface area contributed by atoms with Crippen molar-refractivity contribution in [1.29, 1.82) is 0 Å². The van der Waals surface area contributed by atoms with Crippen molar-refractivity contribution in [2.45, 2.75) is 25.9 Å². The maximum atomic E-state index is 11.5. The summed E-state index contributed by atoms with van der Waals surface area (Å²) < 4.78 is 5.34. The lowest BCUT2D eigenvalue weighted by Crippen LogP contribution is -2.31. The Morgan fingerprint density at radius 2 is 2.47 bits per heavy atom. The molecule has 84 valence electrons. The van der Waals surface area contributed by atoms with Gasteiger partial charge in [0.25, 0.3) is 5.91 Å². The number of carbonyl (C=O) groups excluding carboxylic acids is 1. The lowest BCUT2D eigenvalue weighted by atomic mass is 10.2. The third kappa shape index (κ3) is 3.68. The average molecular weight is 276 g/mol. The van der Waals surface area contributed by atoms with Gasteiger partial charge in [0.15, 0.2) is 4.67 Å². The standard InChI is InChI=1S/C10H14BrNO3/c1-2-3-7(13)6-12-10(14)8-4-5-15-9(8)11/h4-5,7,13H,2-3,6H2,1H3,(H,12,14). The zero-order chi connectivity index (χ0) is 11.3. The van der Waals surface area contributed by atoms with E-state index >= 15 is 0 Å². The number of rotatable bonds is 5. The van der Waals surface area contributed by atoms with E-state index in [-0.39, 0.29) is 12.5 Å². The van der Waals surface area contributed by atoms with Gasteiger partial charge >= 0.3 is 0 Å². The van der Waals surface area contributed by atoms with Crippen LogP contribution in [-0.2, 0) is 0 Å². The van der Waals surface area contributed by atoms with Crippen LogP contribution in [0, 0.1) is 0 Å². The molecule has 15 heavy (non-hydrogen) atoms. The largest absolute Gasteiger partial charge is 0.457 e. The Bertz CT molecular complexity index is 324. The van der Waals surface area contributed by atoms with E-state index in [4.69, 9.17) is 4.42 Å².